The maximum absolute atomic E-state index is 13.5. The molecule has 5 rings (SSSR count). The van der Waals surface area contributed by atoms with Crippen LogP contribution in [0.3, 0.4) is 0 Å². The van der Waals surface area contributed by atoms with Gasteiger partial charge in [-0.3, -0.25) is 9.20 Å². The van der Waals surface area contributed by atoms with Crippen LogP contribution in [0, 0.1) is 0 Å². The zero-order chi connectivity index (χ0) is 23.1. The molecule has 1 aromatic carbocycles. The van der Waals surface area contributed by atoms with Gasteiger partial charge in [-0.1, -0.05) is 6.07 Å². The number of amides is 1. The summed E-state index contributed by atoms with van der Waals surface area (Å²) in [6.45, 7) is 1.33. The van der Waals surface area contributed by atoms with Gasteiger partial charge in [0.2, 0.25) is 5.75 Å². The van der Waals surface area contributed by atoms with Gasteiger partial charge in [0.1, 0.15) is 11.5 Å². The van der Waals surface area contributed by atoms with E-state index in [9.17, 15) is 4.79 Å². The molecule has 172 valence electrons. The maximum atomic E-state index is 13.5. The first kappa shape index (κ1) is 21.1. The highest BCUT2D eigenvalue weighted by molar-refractivity contribution is 6.01. The molecule has 0 spiro atoms. The van der Waals surface area contributed by atoms with E-state index in [1.54, 1.807) is 21.3 Å². The van der Waals surface area contributed by atoms with E-state index >= 15 is 0 Å². The molecule has 4 aromatic rings. The number of benzene rings is 1. The topological polar surface area (TPSA) is 83.1 Å². The van der Waals surface area contributed by atoms with E-state index in [1.807, 2.05) is 57.4 Å². The standard InChI is InChI=1S/C24H27N5O4/c1-27-17(13-16-14-18(31-2)21(32-3)22(33-4)20(16)27)24(30)28-11-8-15(9-12-28)23-26-25-19-7-5-6-10-29(19)23/h5-7,10,13-15H,8-9,11-12H2,1-4H3. The number of aryl methyl sites for hydroxylation is 1. The van der Waals surface area contributed by atoms with Crippen molar-refractivity contribution in [2.24, 2.45) is 7.05 Å². The number of piperidine rings is 1. The maximum Gasteiger partial charge on any atom is 0.270 e. The summed E-state index contributed by atoms with van der Waals surface area (Å²) in [5, 5.41) is 9.54. The average Bonchev–Trinajstić information content (AvgIpc) is 3.43. The van der Waals surface area contributed by atoms with Crippen molar-refractivity contribution in [3.05, 3.63) is 48.0 Å². The third-order valence-electron chi connectivity index (χ3n) is 6.53. The summed E-state index contributed by atoms with van der Waals surface area (Å²) < 4.78 is 20.5. The van der Waals surface area contributed by atoms with Gasteiger partial charge < -0.3 is 23.7 Å². The lowest BCUT2D eigenvalue weighted by Crippen LogP contribution is -2.39. The van der Waals surface area contributed by atoms with Gasteiger partial charge in [-0.15, -0.1) is 10.2 Å². The van der Waals surface area contributed by atoms with Crippen LogP contribution in [-0.2, 0) is 7.05 Å². The van der Waals surface area contributed by atoms with Crippen LogP contribution in [0.4, 0.5) is 0 Å². The van der Waals surface area contributed by atoms with Gasteiger partial charge in [0.05, 0.1) is 26.8 Å². The largest absolute Gasteiger partial charge is 0.493 e. The van der Waals surface area contributed by atoms with Crippen LogP contribution in [0.5, 0.6) is 17.2 Å². The molecular weight excluding hydrogens is 422 g/mol. The van der Waals surface area contributed by atoms with Gasteiger partial charge >= 0.3 is 0 Å². The number of fused-ring (bicyclic) bond motifs is 2. The number of carbonyl (C=O) groups is 1. The smallest absolute Gasteiger partial charge is 0.270 e. The second kappa shape index (κ2) is 8.31. The van der Waals surface area contributed by atoms with Crippen molar-refractivity contribution < 1.29 is 19.0 Å². The molecule has 9 nitrogen and oxygen atoms in total. The van der Waals surface area contributed by atoms with Crippen molar-refractivity contribution in [2.75, 3.05) is 34.4 Å². The van der Waals surface area contributed by atoms with Crippen LogP contribution >= 0.6 is 0 Å². The molecule has 1 fully saturated rings. The number of pyridine rings is 1. The van der Waals surface area contributed by atoms with E-state index in [2.05, 4.69) is 10.2 Å². The Morgan fingerprint density at radius 3 is 2.45 bits per heavy atom. The zero-order valence-corrected chi connectivity index (χ0v) is 19.2. The van der Waals surface area contributed by atoms with E-state index in [0.717, 1.165) is 35.2 Å². The molecule has 1 saturated heterocycles. The molecule has 4 heterocycles. The Morgan fingerprint density at radius 2 is 1.76 bits per heavy atom. The number of likely N-dealkylation sites (tertiary alicyclic amines) is 1. The zero-order valence-electron chi connectivity index (χ0n) is 19.2. The van der Waals surface area contributed by atoms with Crippen LogP contribution in [0.25, 0.3) is 16.6 Å². The summed E-state index contributed by atoms with van der Waals surface area (Å²) >= 11 is 0. The van der Waals surface area contributed by atoms with Crippen LogP contribution in [0.2, 0.25) is 0 Å². The number of methoxy groups -OCH3 is 3. The third kappa shape index (κ3) is 3.35. The Hall–Kier alpha value is -3.75. The quantitative estimate of drug-likeness (QED) is 0.465. The van der Waals surface area contributed by atoms with E-state index in [4.69, 9.17) is 14.2 Å². The molecule has 0 N–H and O–H groups in total. The van der Waals surface area contributed by atoms with Crippen molar-refractivity contribution in [1.29, 1.82) is 0 Å². The number of hydrogen-bond acceptors (Lipinski definition) is 6. The number of nitrogens with zero attached hydrogens (tertiary/aromatic N) is 5. The first-order valence-corrected chi connectivity index (χ1v) is 10.9. The van der Waals surface area contributed by atoms with Crippen molar-refractivity contribution in [1.82, 2.24) is 24.1 Å². The second-order valence-corrected chi connectivity index (χ2v) is 8.23. The first-order valence-electron chi connectivity index (χ1n) is 10.9. The fraction of sp³-hybridized carbons (Fsp3) is 0.375. The van der Waals surface area contributed by atoms with Crippen molar-refractivity contribution in [2.45, 2.75) is 18.8 Å². The number of ether oxygens (including phenoxy) is 3. The average molecular weight is 450 g/mol. The minimum Gasteiger partial charge on any atom is -0.493 e. The number of rotatable bonds is 5. The predicted molar refractivity (Wildman–Crippen MR) is 123 cm³/mol. The monoisotopic (exact) mass is 449 g/mol. The molecule has 0 unspecified atom stereocenters. The fourth-order valence-electron chi connectivity index (χ4n) is 4.83. The van der Waals surface area contributed by atoms with E-state index in [1.165, 1.54) is 0 Å². The molecule has 0 saturated carbocycles. The summed E-state index contributed by atoms with van der Waals surface area (Å²) in [6, 6.07) is 9.65. The minimum atomic E-state index is -0.00163. The summed E-state index contributed by atoms with van der Waals surface area (Å²) in [6.07, 6.45) is 3.68. The molecule has 0 aliphatic carbocycles. The van der Waals surface area contributed by atoms with Crippen molar-refractivity contribution in [3.8, 4) is 17.2 Å². The van der Waals surface area contributed by atoms with Gasteiger partial charge in [-0.2, -0.15) is 0 Å². The molecule has 0 radical (unpaired) electrons. The Bertz CT molecular complexity index is 1330. The Kier molecular flexibility index (Phi) is 5.32. The van der Waals surface area contributed by atoms with Crippen molar-refractivity contribution in [3.63, 3.8) is 0 Å². The van der Waals surface area contributed by atoms with Crippen LogP contribution in [-0.4, -0.2) is 64.4 Å². The van der Waals surface area contributed by atoms with Crippen LogP contribution in [0.15, 0.2) is 36.5 Å². The molecule has 1 aliphatic heterocycles. The highest BCUT2D eigenvalue weighted by Crippen LogP contribution is 2.44. The van der Waals surface area contributed by atoms with Gasteiger partial charge in [0.25, 0.3) is 5.91 Å². The highest BCUT2D eigenvalue weighted by atomic mass is 16.5. The Labute approximate surface area is 191 Å². The molecule has 1 aliphatic rings. The molecule has 33 heavy (non-hydrogen) atoms. The van der Waals surface area contributed by atoms with Crippen LogP contribution < -0.4 is 14.2 Å². The lowest BCUT2D eigenvalue weighted by atomic mass is 9.95. The van der Waals surface area contributed by atoms with Crippen LogP contribution in [0.1, 0.15) is 35.1 Å². The lowest BCUT2D eigenvalue weighted by Gasteiger charge is -2.31. The van der Waals surface area contributed by atoms with Crippen molar-refractivity contribution >= 4 is 22.5 Å². The van der Waals surface area contributed by atoms with Gasteiger partial charge in [-0.05, 0) is 37.1 Å². The number of carbonyl (C=O) groups excluding carboxylic acids is 1. The Balaban J connectivity index is 1.41. The molecule has 9 heteroatoms. The van der Waals surface area contributed by atoms with E-state index in [0.29, 0.717) is 36.0 Å². The molecule has 0 bridgehead atoms. The summed E-state index contributed by atoms with van der Waals surface area (Å²) in [5.41, 5.74) is 2.25. The molecule has 1 amide bonds. The summed E-state index contributed by atoms with van der Waals surface area (Å²) in [5.74, 6) is 2.85. The summed E-state index contributed by atoms with van der Waals surface area (Å²) in [4.78, 5) is 15.4. The summed E-state index contributed by atoms with van der Waals surface area (Å²) in [7, 11) is 6.62. The second-order valence-electron chi connectivity index (χ2n) is 8.23. The molecule has 0 atom stereocenters. The minimum absolute atomic E-state index is 0.00163. The predicted octanol–water partition coefficient (Wildman–Crippen LogP) is 3.27. The third-order valence-corrected chi connectivity index (χ3v) is 6.53. The van der Waals surface area contributed by atoms with E-state index < -0.39 is 0 Å². The normalized spacial score (nSPS) is 14.7. The first-order chi connectivity index (χ1) is 16.1. The van der Waals surface area contributed by atoms with Gasteiger partial charge in [0, 0.05) is 37.6 Å². The lowest BCUT2D eigenvalue weighted by molar-refractivity contribution is 0.0701. The number of aromatic nitrogens is 4. The van der Waals surface area contributed by atoms with Gasteiger partial charge in [-0.25, -0.2) is 0 Å². The molecule has 3 aromatic heterocycles. The number of hydrogen-bond donors (Lipinski definition) is 0. The highest BCUT2D eigenvalue weighted by Gasteiger charge is 2.30. The Morgan fingerprint density at radius 1 is 1.00 bits per heavy atom. The molecular formula is C24H27N5O4. The van der Waals surface area contributed by atoms with Gasteiger partial charge in [0.15, 0.2) is 17.1 Å². The SMILES string of the molecule is COc1cc2cc(C(=O)N3CCC(c4nnc5ccccn45)CC3)n(C)c2c(OC)c1OC. The van der Waals surface area contributed by atoms with E-state index in [-0.39, 0.29) is 11.8 Å². The fourth-order valence-corrected chi connectivity index (χ4v) is 4.83.